The van der Waals surface area contributed by atoms with Crippen LogP contribution in [0.3, 0.4) is 0 Å². The van der Waals surface area contributed by atoms with Crippen LogP contribution in [0.25, 0.3) is 0 Å². The number of carbonyl (C=O) groups is 2. The van der Waals surface area contributed by atoms with Crippen LogP contribution in [-0.4, -0.2) is 68.6 Å². The second kappa shape index (κ2) is 11.6. The number of rotatable bonds is 8. The molecule has 188 valence electrons. The van der Waals surface area contributed by atoms with E-state index in [1.54, 1.807) is 12.1 Å². The van der Waals surface area contributed by atoms with E-state index in [2.05, 4.69) is 15.5 Å². The molecule has 3 aromatic rings. The van der Waals surface area contributed by atoms with Gasteiger partial charge >= 0.3 is 6.03 Å². The maximum atomic E-state index is 12.5. The first-order valence-corrected chi connectivity index (χ1v) is 12.0. The molecule has 0 radical (unpaired) electrons. The number of para-hydroxylation sites is 1. The molecular weight excluding hydrogens is 454 g/mol. The van der Waals surface area contributed by atoms with Gasteiger partial charge in [-0.25, -0.2) is 4.79 Å². The third kappa shape index (κ3) is 6.76. The second-order valence-corrected chi connectivity index (χ2v) is 9.20. The van der Waals surface area contributed by atoms with Crippen LogP contribution in [-0.2, 0) is 4.79 Å². The number of nitrogens with zero attached hydrogens (tertiary/aromatic N) is 3. The molecule has 0 aliphatic carbocycles. The molecule has 1 heterocycles. The standard InChI is InChI=1S/C28H33N5O3/c1-31(2)20-27(34)32(3)24-17-18-33(19-24)23-13-9-21(10-14-23)29-28(35)30-22-11-15-26(16-12-22)36-25-7-5-4-6-8-25/h4-16,24H,17-20H2,1-3H3,(H2,29,30,35). The summed E-state index contributed by atoms with van der Waals surface area (Å²) in [5, 5.41) is 5.70. The van der Waals surface area contributed by atoms with Crippen LogP contribution in [0.4, 0.5) is 21.9 Å². The third-order valence-corrected chi connectivity index (χ3v) is 6.14. The maximum Gasteiger partial charge on any atom is 0.323 e. The summed E-state index contributed by atoms with van der Waals surface area (Å²) in [6, 6.07) is 24.4. The van der Waals surface area contributed by atoms with Crippen LogP contribution >= 0.6 is 0 Å². The largest absolute Gasteiger partial charge is 0.457 e. The van der Waals surface area contributed by atoms with Crippen LogP contribution in [0.15, 0.2) is 78.9 Å². The first kappa shape index (κ1) is 25.1. The number of nitrogens with one attached hydrogen (secondary N) is 2. The molecule has 0 saturated carbocycles. The Labute approximate surface area is 212 Å². The van der Waals surface area contributed by atoms with Crippen LogP contribution < -0.4 is 20.3 Å². The highest BCUT2D eigenvalue weighted by Crippen LogP contribution is 2.25. The van der Waals surface area contributed by atoms with Gasteiger partial charge in [-0.3, -0.25) is 4.79 Å². The number of ether oxygens (including phenoxy) is 1. The molecule has 1 atom stereocenters. The number of hydrogen-bond acceptors (Lipinski definition) is 5. The van der Waals surface area contributed by atoms with E-state index in [-0.39, 0.29) is 18.0 Å². The topological polar surface area (TPSA) is 77.2 Å². The monoisotopic (exact) mass is 487 g/mol. The molecule has 1 aliphatic heterocycles. The Morgan fingerprint density at radius 1 is 0.861 bits per heavy atom. The summed E-state index contributed by atoms with van der Waals surface area (Å²) in [6.07, 6.45) is 0.938. The number of likely N-dealkylation sites (N-methyl/N-ethyl adjacent to an activating group) is 2. The SMILES string of the molecule is CN(C)CC(=O)N(C)C1CCN(c2ccc(NC(=O)Nc3ccc(Oc4ccccc4)cc3)cc2)C1. The van der Waals surface area contributed by atoms with Gasteiger partial charge in [0.2, 0.25) is 5.91 Å². The maximum absolute atomic E-state index is 12.5. The van der Waals surface area contributed by atoms with Crippen molar-refractivity contribution >= 4 is 29.0 Å². The lowest BCUT2D eigenvalue weighted by atomic mass is 10.2. The summed E-state index contributed by atoms with van der Waals surface area (Å²) in [5.74, 6) is 1.59. The minimum Gasteiger partial charge on any atom is -0.457 e. The lowest BCUT2D eigenvalue weighted by Gasteiger charge is -2.26. The van der Waals surface area contributed by atoms with Crippen LogP contribution in [0.1, 0.15) is 6.42 Å². The summed E-state index contributed by atoms with van der Waals surface area (Å²) in [5.41, 5.74) is 2.45. The second-order valence-electron chi connectivity index (χ2n) is 9.20. The van der Waals surface area contributed by atoms with Crippen molar-refractivity contribution in [3.63, 3.8) is 0 Å². The molecule has 2 N–H and O–H groups in total. The van der Waals surface area contributed by atoms with Gasteiger partial charge in [-0.05, 0) is 81.2 Å². The number of urea groups is 1. The Morgan fingerprint density at radius 3 is 2.06 bits per heavy atom. The molecule has 3 aromatic carbocycles. The fourth-order valence-corrected chi connectivity index (χ4v) is 4.16. The van der Waals surface area contributed by atoms with Gasteiger partial charge in [0.25, 0.3) is 0 Å². The fourth-order valence-electron chi connectivity index (χ4n) is 4.16. The number of carbonyl (C=O) groups excluding carboxylic acids is 2. The average Bonchev–Trinajstić information content (AvgIpc) is 3.36. The molecule has 1 aliphatic rings. The average molecular weight is 488 g/mol. The highest BCUT2D eigenvalue weighted by atomic mass is 16.5. The van der Waals surface area contributed by atoms with E-state index < -0.39 is 0 Å². The van der Waals surface area contributed by atoms with Gasteiger partial charge in [0, 0.05) is 37.2 Å². The van der Waals surface area contributed by atoms with Crippen molar-refractivity contribution in [3.8, 4) is 11.5 Å². The van der Waals surface area contributed by atoms with E-state index >= 15 is 0 Å². The third-order valence-electron chi connectivity index (χ3n) is 6.14. The summed E-state index contributed by atoms with van der Waals surface area (Å²) in [6.45, 7) is 2.11. The van der Waals surface area contributed by atoms with Crippen molar-refractivity contribution in [2.45, 2.75) is 12.5 Å². The smallest absolute Gasteiger partial charge is 0.323 e. The molecule has 8 heteroatoms. The molecule has 1 fully saturated rings. The molecular formula is C28H33N5O3. The predicted octanol–water partition coefficient (Wildman–Crippen LogP) is 4.72. The summed E-state index contributed by atoms with van der Waals surface area (Å²) >= 11 is 0. The van der Waals surface area contributed by atoms with Gasteiger partial charge in [0.1, 0.15) is 11.5 Å². The molecule has 1 saturated heterocycles. The summed E-state index contributed by atoms with van der Waals surface area (Å²) in [4.78, 5) is 30.8. The number of hydrogen-bond donors (Lipinski definition) is 2. The normalized spacial score (nSPS) is 15.0. The lowest BCUT2D eigenvalue weighted by molar-refractivity contribution is -0.132. The van der Waals surface area contributed by atoms with Crippen molar-refractivity contribution in [2.24, 2.45) is 0 Å². The molecule has 4 rings (SSSR count). The van der Waals surface area contributed by atoms with Crippen LogP contribution in [0.2, 0.25) is 0 Å². The molecule has 36 heavy (non-hydrogen) atoms. The van der Waals surface area contributed by atoms with Gasteiger partial charge in [0.15, 0.2) is 0 Å². The first-order valence-electron chi connectivity index (χ1n) is 12.0. The lowest BCUT2D eigenvalue weighted by Crippen LogP contribution is -2.43. The number of benzene rings is 3. The van der Waals surface area contributed by atoms with Gasteiger partial charge in [-0.2, -0.15) is 0 Å². The molecule has 1 unspecified atom stereocenters. The Morgan fingerprint density at radius 2 is 1.44 bits per heavy atom. The van der Waals surface area contributed by atoms with E-state index in [9.17, 15) is 9.59 Å². The van der Waals surface area contributed by atoms with Crippen molar-refractivity contribution in [1.82, 2.24) is 9.80 Å². The van der Waals surface area contributed by atoms with E-state index in [0.717, 1.165) is 30.9 Å². The molecule has 3 amide bonds. The van der Waals surface area contributed by atoms with Crippen molar-refractivity contribution in [2.75, 3.05) is 56.3 Å². The highest BCUT2D eigenvalue weighted by molar-refractivity contribution is 5.99. The van der Waals surface area contributed by atoms with E-state index in [1.165, 1.54) is 0 Å². The number of anilines is 3. The summed E-state index contributed by atoms with van der Waals surface area (Å²) in [7, 11) is 5.69. The Balaban J connectivity index is 1.26. The minimum atomic E-state index is -0.318. The fraction of sp³-hybridized carbons (Fsp3) is 0.286. The van der Waals surface area contributed by atoms with E-state index in [0.29, 0.717) is 23.7 Å². The van der Waals surface area contributed by atoms with Gasteiger partial charge < -0.3 is 30.1 Å². The van der Waals surface area contributed by atoms with Crippen molar-refractivity contribution in [3.05, 3.63) is 78.9 Å². The zero-order chi connectivity index (χ0) is 25.5. The quantitative estimate of drug-likeness (QED) is 0.481. The zero-order valence-electron chi connectivity index (χ0n) is 21.0. The van der Waals surface area contributed by atoms with Gasteiger partial charge in [-0.15, -0.1) is 0 Å². The molecule has 0 spiro atoms. The predicted molar refractivity (Wildman–Crippen MR) is 144 cm³/mol. The van der Waals surface area contributed by atoms with Crippen LogP contribution in [0, 0.1) is 0 Å². The van der Waals surface area contributed by atoms with Gasteiger partial charge in [0.05, 0.1) is 12.6 Å². The Kier molecular flexibility index (Phi) is 8.07. The van der Waals surface area contributed by atoms with E-state index in [4.69, 9.17) is 4.74 Å². The van der Waals surface area contributed by atoms with Crippen molar-refractivity contribution in [1.29, 1.82) is 0 Å². The summed E-state index contributed by atoms with van der Waals surface area (Å²) < 4.78 is 5.78. The zero-order valence-corrected chi connectivity index (χ0v) is 21.0. The minimum absolute atomic E-state index is 0.135. The van der Waals surface area contributed by atoms with Gasteiger partial charge in [-0.1, -0.05) is 18.2 Å². The Hall–Kier alpha value is -4.04. The van der Waals surface area contributed by atoms with Crippen LogP contribution in [0.5, 0.6) is 11.5 Å². The molecule has 8 nitrogen and oxygen atoms in total. The molecule has 0 aromatic heterocycles. The Bertz CT molecular complexity index is 1150. The van der Waals surface area contributed by atoms with Crippen molar-refractivity contribution < 1.29 is 14.3 Å². The highest BCUT2D eigenvalue weighted by Gasteiger charge is 2.28. The first-order chi connectivity index (χ1) is 17.4. The number of amides is 3. The molecule has 0 bridgehead atoms. The van der Waals surface area contributed by atoms with E-state index in [1.807, 2.05) is 97.7 Å².